The summed E-state index contributed by atoms with van der Waals surface area (Å²) in [6.07, 6.45) is 6.10. The van der Waals surface area contributed by atoms with Gasteiger partial charge < -0.3 is 5.73 Å². The predicted molar refractivity (Wildman–Crippen MR) is 87.3 cm³/mol. The minimum Gasteiger partial charge on any atom is -0.320 e. The average molecular weight is 283 g/mol. The molecule has 2 aromatic carbocycles. The summed E-state index contributed by atoms with van der Waals surface area (Å²) in [5, 5.41) is 0. The fourth-order valence-electron chi connectivity index (χ4n) is 2.98. The standard InChI is InChI=1S/C18H21NS/c1-20-17-12-5-4-11-16(17)18(19)15-10-3-2-9-14(15)13-7-6-8-13/h2-5,9-13,18H,6-8,19H2,1H3. The van der Waals surface area contributed by atoms with E-state index in [1.165, 1.54) is 40.8 Å². The quantitative estimate of drug-likeness (QED) is 0.821. The number of hydrogen-bond acceptors (Lipinski definition) is 2. The molecule has 104 valence electrons. The van der Waals surface area contributed by atoms with E-state index in [0.717, 1.165) is 5.92 Å². The molecule has 1 nitrogen and oxygen atoms in total. The minimum atomic E-state index is -0.0181. The van der Waals surface area contributed by atoms with Crippen molar-refractivity contribution in [3.63, 3.8) is 0 Å². The maximum absolute atomic E-state index is 6.60. The van der Waals surface area contributed by atoms with Crippen LogP contribution in [0.3, 0.4) is 0 Å². The molecule has 3 rings (SSSR count). The van der Waals surface area contributed by atoms with E-state index in [2.05, 4.69) is 54.8 Å². The third-order valence-electron chi connectivity index (χ3n) is 4.35. The first-order valence-corrected chi connectivity index (χ1v) is 8.51. The first-order chi connectivity index (χ1) is 9.81. The van der Waals surface area contributed by atoms with Crippen LogP contribution in [0.5, 0.6) is 0 Å². The second-order valence-corrected chi connectivity index (χ2v) is 6.32. The molecule has 1 atom stereocenters. The van der Waals surface area contributed by atoms with Gasteiger partial charge in [-0.05, 0) is 47.8 Å². The topological polar surface area (TPSA) is 26.0 Å². The van der Waals surface area contributed by atoms with Crippen LogP contribution < -0.4 is 5.73 Å². The molecule has 0 spiro atoms. The van der Waals surface area contributed by atoms with Crippen molar-refractivity contribution in [2.24, 2.45) is 5.73 Å². The van der Waals surface area contributed by atoms with E-state index in [4.69, 9.17) is 5.73 Å². The summed E-state index contributed by atoms with van der Waals surface area (Å²) in [4.78, 5) is 1.28. The monoisotopic (exact) mass is 283 g/mol. The average Bonchev–Trinajstić information content (AvgIpc) is 2.45. The van der Waals surface area contributed by atoms with Crippen LogP contribution in [-0.2, 0) is 0 Å². The van der Waals surface area contributed by atoms with Gasteiger partial charge in [0.25, 0.3) is 0 Å². The normalized spacial score (nSPS) is 16.7. The van der Waals surface area contributed by atoms with Crippen LogP contribution in [0.2, 0.25) is 0 Å². The lowest BCUT2D eigenvalue weighted by Gasteiger charge is -2.30. The zero-order chi connectivity index (χ0) is 13.9. The van der Waals surface area contributed by atoms with Crippen LogP contribution >= 0.6 is 11.8 Å². The third kappa shape index (κ3) is 2.50. The highest BCUT2D eigenvalue weighted by Gasteiger charge is 2.24. The molecule has 0 bridgehead atoms. The SMILES string of the molecule is CSc1ccccc1C(N)c1ccccc1C1CCC1. The number of thioether (sulfide) groups is 1. The Morgan fingerprint density at radius 2 is 1.65 bits per heavy atom. The Bertz CT molecular complexity index is 589. The summed E-state index contributed by atoms with van der Waals surface area (Å²) in [6.45, 7) is 0. The summed E-state index contributed by atoms with van der Waals surface area (Å²) >= 11 is 1.77. The van der Waals surface area contributed by atoms with Gasteiger partial charge in [-0.1, -0.05) is 48.9 Å². The Morgan fingerprint density at radius 1 is 1.00 bits per heavy atom. The second-order valence-electron chi connectivity index (χ2n) is 5.48. The lowest BCUT2D eigenvalue weighted by Crippen LogP contribution is -2.18. The van der Waals surface area contributed by atoms with E-state index >= 15 is 0 Å². The van der Waals surface area contributed by atoms with Crippen LogP contribution in [0.15, 0.2) is 53.4 Å². The van der Waals surface area contributed by atoms with Crippen molar-refractivity contribution in [3.05, 3.63) is 65.2 Å². The van der Waals surface area contributed by atoms with Gasteiger partial charge in [0.05, 0.1) is 6.04 Å². The van der Waals surface area contributed by atoms with Gasteiger partial charge in [0.15, 0.2) is 0 Å². The van der Waals surface area contributed by atoms with E-state index in [1.54, 1.807) is 11.8 Å². The molecule has 0 amide bonds. The van der Waals surface area contributed by atoms with Crippen molar-refractivity contribution >= 4 is 11.8 Å². The van der Waals surface area contributed by atoms with Crippen LogP contribution in [0.4, 0.5) is 0 Å². The fraction of sp³-hybridized carbons (Fsp3) is 0.333. The molecule has 1 aliphatic carbocycles. The zero-order valence-electron chi connectivity index (χ0n) is 11.9. The number of rotatable bonds is 4. The minimum absolute atomic E-state index is 0.0181. The van der Waals surface area contributed by atoms with Gasteiger partial charge >= 0.3 is 0 Å². The highest BCUT2D eigenvalue weighted by Crippen LogP contribution is 2.40. The highest BCUT2D eigenvalue weighted by molar-refractivity contribution is 7.98. The second kappa shape index (κ2) is 6.02. The van der Waals surface area contributed by atoms with Gasteiger partial charge in [-0.2, -0.15) is 0 Å². The van der Waals surface area contributed by atoms with E-state index in [-0.39, 0.29) is 6.04 Å². The Balaban J connectivity index is 1.99. The van der Waals surface area contributed by atoms with E-state index in [0.29, 0.717) is 0 Å². The van der Waals surface area contributed by atoms with Gasteiger partial charge in [0, 0.05) is 4.90 Å². The first kappa shape index (κ1) is 13.7. The molecule has 0 heterocycles. The molecule has 2 N–H and O–H groups in total. The lowest BCUT2D eigenvalue weighted by molar-refractivity contribution is 0.416. The largest absolute Gasteiger partial charge is 0.320 e. The van der Waals surface area contributed by atoms with Crippen molar-refractivity contribution in [1.82, 2.24) is 0 Å². The molecular formula is C18H21NS. The molecule has 1 aliphatic rings. The Kier molecular flexibility index (Phi) is 4.13. The molecule has 1 saturated carbocycles. The Hall–Kier alpha value is -1.25. The number of hydrogen-bond donors (Lipinski definition) is 1. The van der Waals surface area contributed by atoms with E-state index in [1.807, 2.05) is 0 Å². The van der Waals surface area contributed by atoms with Crippen molar-refractivity contribution in [2.75, 3.05) is 6.26 Å². The maximum Gasteiger partial charge on any atom is 0.0565 e. The van der Waals surface area contributed by atoms with Crippen molar-refractivity contribution in [3.8, 4) is 0 Å². The smallest absolute Gasteiger partial charge is 0.0565 e. The predicted octanol–water partition coefficient (Wildman–Crippen LogP) is 4.72. The summed E-state index contributed by atoms with van der Waals surface area (Å²) in [5.74, 6) is 0.721. The van der Waals surface area contributed by atoms with Crippen molar-refractivity contribution in [1.29, 1.82) is 0 Å². The molecule has 1 fully saturated rings. The van der Waals surface area contributed by atoms with Crippen LogP contribution in [0, 0.1) is 0 Å². The molecular weight excluding hydrogens is 262 g/mol. The van der Waals surface area contributed by atoms with E-state index < -0.39 is 0 Å². The highest BCUT2D eigenvalue weighted by atomic mass is 32.2. The van der Waals surface area contributed by atoms with E-state index in [9.17, 15) is 0 Å². The first-order valence-electron chi connectivity index (χ1n) is 7.28. The molecule has 2 aromatic rings. The summed E-state index contributed by atoms with van der Waals surface area (Å²) < 4.78 is 0. The van der Waals surface area contributed by atoms with Crippen LogP contribution in [0.1, 0.15) is 47.9 Å². The molecule has 2 heteroatoms. The summed E-state index contributed by atoms with van der Waals surface area (Å²) in [5.41, 5.74) is 10.6. The molecule has 20 heavy (non-hydrogen) atoms. The Labute approximate surface area is 125 Å². The van der Waals surface area contributed by atoms with Crippen molar-refractivity contribution in [2.45, 2.75) is 36.1 Å². The molecule has 0 saturated heterocycles. The van der Waals surface area contributed by atoms with Crippen LogP contribution in [-0.4, -0.2) is 6.26 Å². The zero-order valence-corrected chi connectivity index (χ0v) is 12.7. The number of benzene rings is 2. The lowest BCUT2D eigenvalue weighted by atomic mass is 9.76. The summed E-state index contributed by atoms with van der Waals surface area (Å²) in [7, 11) is 0. The fourth-order valence-corrected chi connectivity index (χ4v) is 3.62. The molecule has 0 radical (unpaired) electrons. The van der Waals surface area contributed by atoms with Crippen molar-refractivity contribution < 1.29 is 0 Å². The van der Waals surface area contributed by atoms with Gasteiger partial charge in [-0.3, -0.25) is 0 Å². The van der Waals surface area contributed by atoms with Crippen LogP contribution in [0.25, 0.3) is 0 Å². The Morgan fingerprint density at radius 3 is 2.30 bits per heavy atom. The molecule has 1 unspecified atom stereocenters. The van der Waals surface area contributed by atoms with Gasteiger partial charge in [-0.15, -0.1) is 11.8 Å². The molecule has 0 aromatic heterocycles. The van der Waals surface area contributed by atoms with Gasteiger partial charge in [0.1, 0.15) is 0 Å². The third-order valence-corrected chi connectivity index (χ3v) is 5.16. The van der Waals surface area contributed by atoms with Gasteiger partial charge in [-0.25, -0.2) is 0 Å². The molecule has 0 aliphatic heterocycles. The maximum atomic E-state index is 6.60. The number of nitrogens with two attached hydrogens (primary N) is 1. The summed E-state index contributed by atoms with van der Waals surface area (Å²) in [6, 6.07) is 17.2. The van der Waals surface area contributed by atoms with Gasteiger partial charge in [0.2, 0.25) is 0 Å².